The molecule has 1 rings (SSSR count). The molecular formula is C14H25ClOSi2. The highest BCUT2D eigenvalue weighted by molar-refractivity contribution is 7.18. The van der Waals surface area contributed by atoms with Gasteiger partial charge in [0.25, 0.3) is 0 Å². The fraction of sp³-hybridized carbons (Fsp3) is 0.571. The van der Waals surface area contributed by atoms with E-state index in [0.717, 1.165) is 11.8 Å². The van der Waals surface area contributed by atoms with Gasteiger partial charge in [0, 0.05) is 0 Å². The lowest BCUT2D eigenvalue weighted by Gasteiger charge is -2.25. The van der Waals surface area contributed by atoms with E-state index in [0.29, 0.717) is 0 Å². The van der Waals surface area contributed by atoms with E-state index in [-0.39, 0.29) is 0 Å². The summed E-state index contributed by atoms with van der Waals surface area (Å²) in [6.07, 6.45) is 0. The van der Waals surface area contributed by atoms with Crippen molar-refractivity contribution in [1.82, 2.24) is 0 Å². The molecule has 0 atom stereocenters. The molecule has 0 aliphatic rings. The topological polar surface area (TPSA) is 9.23 Å². The second kappa shape index (κ2) is 5.39. The summed E-state index contributed by atoms with van der Waals surface area (Å²) in [6.45, 7) is 13.6. The molecule has 102 valence electrons. The molecule has 0 saturated carbocycles. The van der Waals surface area contributed by atoms with Gasteiger partial charge in [0.15, 0.2) is 7.38 Å². The van der Waals surface area contributed by atoms with E-state index >= 15 is 0 Å². The molecule has 0 aliphatic carbocycles. The number of hydrogen-bond acceptors (Lipinski definition) is 1. The summed E-state index contributed by atoms with van der Waals surface area (Å²) >= 11 is 6.51. The summed E-state index contributed by atoms with van der Waals surface area (Å²) in [5.74, 6) is 1.08. The first-order chi connectivity index (χ1) is 8.04. The first-order valence-electron chi connectivity index (χ1n) is 6.41. The highest BCUT2D eigenvalue weighted by Gasteiger charge is 2.26. The van der Waals surface area contributed by atoms with E-state index in [1.54, 1.807) is 7.11 Å². The Labute approximate surface area is 118 Å². The molecule has 0 unspecified atom stereocenters. The molecule has 1 aromatic rings. The van der Waals surface area contributed by atoms with Crippen molar-refractivity contribution in [1.29, 1.82) is 0 Å². The monoisotopic (exact) mass is 300 g/mol. The third-order valence-electron chi connectivity index (χ3n) is 2.93. The lowest BCUT2D eigenvalue weighted by molar-refractivity contribution is 0.414. The molecule has 0 bridgehead atoms. The molecule has 0 aromatic heterocycles. The zero-order valence-corrected chi connectivity index (χ0v) is 15.4. The largest absolute Gasteiger partial charge is 0.497 e. The lowest BCUT2D eigenvalue weighted by atomic mass is 10.1. The Hall–Kier alpha value is -0.256. The maximum Gasteiger partial charge on any atom is 0.154 e. The standard InChI is InChI=1S/C14H25ClOSi2/c1-11-8-12(10-18(6,7)15)14(16-2)13(9-11)17(3,4)5/h8-9H,10H2,1-7H3. The van der Waals surface area contributed by atoms with Crippen LogP contribution in [-0.2, 0) is 6.04 Å². The number of ether oxygens (including phenoxy) is 1. The molecule has 4 heteroatoms. The molecule has 0 heterocycles. The lowest BCUT2D eigenvalue weighted by Crippen LogP contribution is -2.39. The van der Waals surface area contributed by atoms with Gasteiger partial charge in [-0.15, -0.1) is 0 Å². The van der Waals surface area contributed by atoms with Gasteiger partial charge in [-0.3, -0.25) is 0 Å². The Bertz CT molecular complexity index is 431. The Balaban J connectivity index is 3.39. The third-order valence-corrected chi connectivity index (χ3v) is 6.54. The van der Waals surface area contributed by atoms with Gasteiger partial charge in [0.1, 0.15) is 5.75 Å². The van der Waals surface area contributed by atoms with E-state index in [9.17, 15) is 0 Å². The first-order valence-corrected chi connectivity index (χ1v) is 14.1. The van der Waals surface area contributed by atoms with Crippen LogP contribution in [0.2, 0.25) is 32.7 Å². The summed E-state index contributed by atoms with van der Waals surface area (Å²) in [7, 11) is -1.25. The normalized spacial score (nSPS) is 12.7. The molecule has 0 radical (unpaired) electrons. The minimum Gasteiger partial charge on any atom is -0.497 e. The quantitative estimate of drug-likeness (QED) is 0.601. The number of rotatable bonds is 4. The van der Waals surface area contributed by atoms with Gasteiger partial charge < -0.3 is 4.74 Å². The second-order valence-electron chi connectivity index (χ2n) is 6.65. The summed E-state index contributed by atoms with van der Waals surface area (Å²) in [5.41, 5.74) is 2.61. The summed E-state index contributed by atoms with van der Waals surface area (Å²) in [5, 5.41) is 1.41. The molecule has 0 N–H and O–H groups in total. The molecule has 0 spiro atoms. The third kappa shape index (κ3) is 4.14. The first kappa shape index (κ1) is 15.8. The SMILES string of the molecule is COc1c(C[Si](C)(C)Cl)cc(C)cc1[Si](C)(C)C. The highest BCUT2D eigenvalue weighted by atomic mass is 35.6. The van der Waals surface area contributed by atoms with Crippen LogP contribution in [0.25, 0.3) is 0 Å². The number of benzene rings is 1. The zero-order chi connectivity index (χ0) is 14.1. The summed E-state index contributed by atoms with van der Waals surface area (Å²) in [6, 6.07) is 5.49. The van der Waals surface area contributed by atoms with Gasteiger partial charge in [-0.2, -0.15) is 11.1 Å². The minimum atomic E-state index is -1.64. The van der Waals surface area contributed by atoms with Crippen molar-refractivity contribution in [3.8, 4) is 5.75 Å². The highest BCUT2D eigenvalue weighted by Crippen LogP contribution is 2.26. The van der Waals surface area contributed by atoms with Crippen molar-refractivity contribution < 1.29 is 4.74 Å². The van der Waals surface area contributed by atoms with Gasteiger partial charge in [-0.25, -0.2) is 0 Å². The molecule has 0 saturated heterocycles. The van der Waals surface area contributed by atoms with Gasteiger partial charge in [0.2, 0.25) is 0 Å². The molecule has 1 aromatic carbocycles. The van der Waals surface area contributed by atoms with Gasteiger partial charge in [0.05, 0.1) is 15.2 Å². The molecule has 0 amide bonds. The van der Waals surface area contributed by atoms with Gasteiger partial charge in [-0.05, 0) is 23.7 Å². The van der Waals surface area contributed by atoms with Crippen molar-refractivity contribution >= 4 is 31.7 Å². The maximum atomic E-state index is 6.51. The van der Waals surface area contributed by atoms with E-state index < -0.39 is 15.5 Å². The molecule has 18 heavy (non-hydrogen) atoms. The molecule has 0 aliphatic heterocycles. The Morgan fingerprint density at radius 1 is 1.11 bits per heavy atom. The summed E-state index contributed by atoms with van der Waals surface area (Å²) < 4.78 is 5.70. The van der Waals surface area contributed by atoms with Crippen molar-refractivity contribution in [2.75, 3.05) is 7.11 Å². The predicted octanol–water partition coefficient (Wildman–Crippen LogP) is 4.07. The van der Waals surface area contributed by atoms with E-state index in [1.807, 2.05) is 0 Å². The number of aryl methyl sites for hydroxylation is 1. The Morgan fingerprint density at radius 3 is 2.06 bits per heavy atom. The van der Waals surface area contributed by atoms with Crippen molar-refractivity contribution in [3.63, 3.8) is 0 Å². The van der Waals surface area contributed by atoms with E-state index in [1.165, 1.54) is 16.3 Å². The van der Waals surface area contributed by atoms with Crippen LogP contribution >= 0.6 is 11.1 Å². The minimum absolute atomic E-state index is 0.969. The fourth-order valence-electron chi connectivity index (χ4n) is 2.23. The molecular weight excluding hydrogens is 276 g/mol. The van der Waals surface area contributed by atoms with Crippen LogP contribution in [0, 0.1) is 6.92 Å². The van der Waals surface area contributed by atoms with Crippen LogP contribution < -0.4 is 9.92 Å². The van der Waals surface area contributed by atoms with Crippen molar-refractivity contribution in [2.24, 2.45) is 0 Å². The smallest absolute Gasteiger partial charge is 0.154 e. The van der Waals surface area contributed by atoms with Crippen LogP contribution in [0.3, 0.4) is 0 Å². The average molecular weight is 301 g/mol. The van der Waals surface area contributed by atoms with Crippen LogP contribution in [-0.4, -0.2) is 22.6 Å². The van der Waals surface area contributed by atoms with Crippen LogP contribution in [0.5, 0.6) is 5.75 Å². The number of halogens is 1. The zero-order valence-electron chi connectivity index (χ0n) is 12.6. The maximum absolute atomic E-state index is 6.51. The molecule has 1 nitrogen and oxygen atoms in total. The van der Waals surface area contributed by atoms with Crippen molar-refractivity contribution in [2.45, 2.75) is 45.7 Å². The van der Waals surface area contributed by atoms with Crippen LogP contribution in [0.15, 0.2) is 12.1 Å². The Morgan fingerprint density at radius 2 is 1.67 bits per heavy atom. The average Bonchev–Trinajstić information content (AvgIpc) is 2.12. The van der Waals surface area contributed by atoms with Crippen LogP contribution in [0.4, 0.5) is 0 Å². The number of hydrogen-bond donors (Lipinski definition) is 0. The van der Waals surface area contributed by atoms with E-state index in [4.69, 9.17) is 15.8 Å². The fourth-order valence-corrected chi connectivity index (χ4v) is 5.44. The number of methoxy groups -OCH3 is 1. The second-order valence-corrected chi connectivity index (χ2v) is 18.5. The van der Waals surface area contributed by atoms with Crippen molar-refractivity contribution in [3.05, 3.63) is 23.3 Å². The molecule has 0 fully saturated rings. The van der Waals surface area contributed by atoms with Gasteiger partial charge >= 0.3 is 0 Å². The van der Waals surface area contributed by atoms with E-state index in [2.05, 4.69) is 51.8 Å². The summed E-state index contributed by atoms with van der Waals surface area (Å²) in [4.78, 5) is 0. The van der Waals surface area contributed by atoms with Gasteiger partial charge in [-0.1, -0.05) is 50.4 Å². The van der Waals surface area contributed by atoms with Crippen LogP contribution in [0.1, 0.15) is 11.1 Å². The Kier molecular flexibility index (Phi) is 4.73. The predicted molar refractivity (Wildman–Crippen MR) is 87.8 cm³/mol.